The quantitative estimate of drug-likeness (QED) is 0.498. The molecule has 17 heavy (non-hydrogen) atoms. The van der Waals surface area contributed by atoms with Gasteiger partial charge >= 0.3 is 5.97 Å². The lowest BCUT2D eigenvalue weighted by molar-refractivity contribution is -0.150. The summed E-state index contributed by atoms with van der Waals surface area (Å²) in [5, 5.41) is 3.43. The van der Waals surface area contributed by atoms with Crippen LogP contribution in [-0.4, -0.2) is 24.7 Å². The van der Waals surface area contributed by atoms with E-state index in [9.17, 15) is 4.79 Å². The normalized spacial score (nSPS) is 18.8. The van der Waals surface area contributed by atoms with Gasteiger partial charge in [-0.15, -0.1) is 0 Å². The summed E-state index contributed by atoms with van der Waals surface area (Å²) in [7, 11) is 0. The van der Waals surface area contributed by atoms with Crippen LogP contribution in [0.4, 0.5) is 0 Å². The molecule has 0 radical (unpaired) electrons. The van der Waals surface area contributed by atoms with Crippen molar-refractivity contribution in [3.63, 3.8) is 0 Å². The third-order valence-corrected chi connectivity index (χ3v) is 3.48. The highest BCUT2D eigenvalue weighted by molar-refractivity contribution is 5.80. The minimum Gasteiger partial charge on any atom is -0.465 e. The molecule has 1 rings (SSSR count). The molecular formula is C14H27NO2. The first-order valence-corrected chi connectivity index (χ1v) is 7.04. The molecule has 0 spiro atoms. The Morgan fingerprint density at radius 1 is 1.35 bits per heavy atom. The van der Waals surface area contributed by atoms with Crippen molar-refractivity contribution < 1.29 is 9.53 Å². The zero-order chi connectivity index (χ0) is 12.7. The van der Waals surface area contributed by atoms with Crippen molar-refractivity contribution in [2.24, 2.45) is 5.92 Å². The maximum Gasteiger partial charge on any atom is 0.326 e. The molecule has 1 unspecified atom stereocenters. The number of carbonyl (C=O) groups excluding carboxylic acids is 1. The Kier molecular flexibility index (Phi) is 5.96. The van der Waals surface area contributed by atoms with Crippen molar-refractivity contribution in [3.05, 3.63) is 0 Å². The molecule has 100 valence electrons. The molecule has 0 aromatic heterocycles. The highest BCUT2D eigenvalue weighted by atomic mass is 16.5. The van der Waals surface area contributed by atoms with Gasteiger partial charge in [0.2, 0.25) is 0 Å². The number of carbonyl (C=O) groups is 1. The van der Waals surface area contributed by atoms with Crippen molar-refractivity contribution in [2.75, 3.05) is 13.2 Å². The molecule has 1 saturated carbocycles. The van der Waals surface area contributed by atoms with E-state index in [4.69, 9.17) is 4.74 Å². The first-order valence-electron chi connectivity index (χ1n) is 7.04. The summed E-state index contributed by atoms with van der Waals surface area (Å²) in [5.41, 5.74) is -0.478. The summed E-state index contributed by atoms with van der Waals surface area (Å²) in [6.07, 6.45) is 6.94. The van der Waals surface area contributed by atoms with Gasteiger partial charge < -0.3 is 10.1 Å². The number of hydrogen-bond acceptors (Lipinski definition) is 3. The van der Waals surface area contributed by atoms with E-state index in [0.29, 0.717) is 6.61 Å². The third kappa shape index (κ3) is 5.07. The highest BCUT2D eigenvalue weighted by Crippen LogP contribution is 2.29. The molecule has 0 aromatic carbocycles. The van der Waals surface area contributed by atoms with Crippen molar-refractivity contribution in [1.82, 2.24) is 5.32 Å². The average molecular weight is 241 g/mol. The van der Waals surface area contributed by atoms with Gasteiger partial charge in [0.25, 0.3) is 0 Å². The molecule has 0 aromatic rings. The Balaban J connectivity index is 2.43. The second kappa shape index (κ2) is 7.00. The van der Waals surface area contributed by atoms with Gasteiger partial charge in [0.15, 0.2) is 0 Å². The molecule has 1 aliphatic rings. The molecule has 0 aliphatic heterocycles. The van der Waals surface area contributed by atoms with Gasteiger partial charge in [0.05, 0.1) is 6.61 Å². The SMILES string of the molecule is CCCCCC(C)(NCC1CC1)C(=O)OCC. The van der Waals surface area contributed by atoms with E-state index in [-0.39, 0.29) is 5.97 Å². The lowest BCUT2D eigenvalue weighted by Crippen LogP contribution is -2.51. The van der Waals surface area contributed by atoms with Crippen LogP contribution in [0.5, 0.6) is 0 Å². The van der Waals surface area contributed by atoms with E-state index in [0.717, 1.165) is 25.3 Å². The third-order valence-electron chi connectivity index (χ3n) is 3.48. The highest BCUT2D eigenvalue weighted by Gasteiger charge is 2.35. The van der Waals surface area contributed by atoms with Crippen molar-refractivity contribution >= 4 is 5.97 Å². The zero-order valence-electron chi connectivity index (χ0n) is 11.6. The van der Waals surface area contributed by atoms with Gasteiger partial charge in [-0.1, -0.05) is 26.2 Å². The lowest BCUT2D eigenvalue weighted by atomic mass is 9.94. The van der Waals surface area contributed by atoms with E-state index in [2.05, 4.69) is 12.2 Å². The second-order valence-corrected chi connectivity index (χ2v) is 5.33. The summed E-state index contributed by atoms with van der Waals surface area (Å²) in [5.74, 6) is 0.701. The Morgan fingerprint density at radius 3 is 2.59 bits per heavy atom. The van der Waals surface area contributed by atoms with Gasteiger partial charge in [-0.25, -0.2) is 0 Å². The van der Waals surface area contributed by atoms with E-state index in [1.165, 1.54) is 25.7 Å². The number of nitrogens with one attached hydrogen (secondary N) is 1. The summed E-state index contributed by atoms with van der Waals surface area (Å²) >= 11 is 0. The maximum absolute atomic E-state index is 12.0. The number of ether oxygens (including phenoxy) is 1. The molecule has 1 atom stereocenters. The minimum atomic E-state index is -0.478. The molecule has 1 N–H and O–H groups in total. The van der Waals surface area contributed by atoms with Crippen LogP contribution in [-0.2, 0) is 9.53 Å². The largest absolute Gasteiger partial charge is 0.465 e. The zero-order valence-corrected chi connectivity index (χ0v) is 11.6. The van der Waals surface area contributed by atoms with E-state index < -0.39 is 5.54 Å². The van der Waals surface area contributed by atoms with Crippen LogP contribution in [0.2, 0.25) is 0 Å². The van der Waals surface area contributed by atoms with Crippen LogP contribution in [0.25, 0.3) is 0 Å². The van der Waals surface area contributed by atoms with Crippen molar-refractivity contribution in [2.45, 2.75) is 64.8 Å². The lowest BCUT2D eigenvalue weighted by Gasteiger charge is -2.28. The fourth-order valence-corrected chi connectivity index (χ4v) is 1.97. The average Bonchev–Trinajstić information content (AvgIpc) is 3.11. The van der Waals surface area contributed by atoms with E-state index >= 15 is 0 Å². The fourth-order valence-electron chi connectivity index (χ4n) is 1.97. The van der Waals surface area contributed by atoms with Crippen LogP contribution < -0.4 is 5.32 Å². The second-order valence-electron chi connectivity index (χ2n) is 5.33. The topological polar surface area (TPSA) is 38.3 Å². The predicted octanol–water partition coefficient (Wildman–Crippen LogP) is 2.89. The van der Waals surface area contributed by atoms with Crippen molar-refractivity contribution in [3.8, 4) is 0 Å². The monoisotopic (exact) mass is 241 g/mol. The first kappa shape index (κ1) is 14.5. The summed E-state index contributed by atoms with van der Waals surface area (Å²) in [6, 6.07) is 0. The minimum absolute atomic E-state index is 0.0863. The maximum atomic E-state index is 12.0. The molecule has 0 saturated heterocycles. The smallest absolute Gasteiger partial charge is 0.326 e. The Bertz CT molecular complexity index is 238. The van der Waals surface area contributed by atoms with Crippen LogP contribution in [0.3, 0.4) is 0 Å². The number of hydrogen-bond donors (Lipinski definition) is 1. The molecule has 0 heterocycles. The molecule has 3 heteroatoms. The predicted molar refractivity (Wildman–Crippen MR) is 69.9 cm³/mol. The standard InChI is InChI=1S/C14H27NO2/c1-4-6-7-10-14(3,13(16)17-5-2)15-11-12-8-9-12/h12,15H,4-11H2,1-3H3. The number of rotatable bonds is 9. The van der Waals surface area contributed by atoms with Crippen molar-refractivity contribution in [1.29, 1.82) is 0 Å². The summed E-state index contributed by atoms with van der Waals surface area (Å²) < 4.78 is 5.19. The van der Waals surface area contributed by atoms with Crippen LogP contribution >= 0.6 is 0 Å². The molecule has 1 fully saturated rings. The van der Waals surface area contributed by atoms with Gasteiger partial charge in [-0.05, 0) is 45.6 Å². The van der Waals surface area contributed by atoms with Crippen LogP contribution in [0.15, 0.2) is 0 Å². The number of unbranched alkanes of at least 4 members (excludes halogenated alkanes) is 2. The Labute approximate surface area is 105 Å². The van der Waals surface area contributed by atoms with Gasteiger partial charge in [-0.3, -0.25) is 4.79 Å². The fraction of sp³-hybridized carbons (Fsp3) is 0.929. The molecule has 1 aliphatic carbocycles. The molecular weight excluding hydrogens is 214 g/mol. The van der Waals surface area contributed by atoms with Crippen LogP contribution in [0, 0.1) is 5.92 Å². The summed E-state index contributed by atoms with van der Waals surface area (Å²) in [4.78, 5) is 12.0. The van der Waals surface area contributed by atoms with E-state index in [1.807, 2.05) is 13.8 Å². The Hall–Kier alpha value is -0.570. The molecule has 3 nitrogen and oxygen atoms in total. The van der Waals surface area contributed by atoms with Gasteiger partial charge in [0, 0.05) is 0 Å². The van der Waals surface area contributed by atoms with Gasteiger partial charge in [0.1, 0.15) is 5.54 Å². The summed E-state index contributed by atoms with van der Waals surface area (Å²) in [6.45, 7) is 7.46. The van der Waals surface area contributed by atoms with Crippen LogP contribution in [0.1, 0.15) is 59.3 Å². The first-order chi connectivity index (χ1) is 8.12. The molecule has 0 bridgehead atoms. The van der Waals surface area contributed by atoms with E-state index in [1.54, 1.807) is 0 Å². The number of esters is 1. The Morgan fingerprint density at radius 2 is 2.06 bits per heavy atom. The molecule has 0 amide bonds. The van der Waals surface area contributed by atoms with Gasteiger partial charge in [-0.2, -0.15) is 0 Å².